The van der Waals surface area contributed by atoms with Crippen LogP contribution in [0.2, 0.25) is 0 Å². The molecule has 0 saturated heterocycles. The number of nitrogens with zero attached hydrogens (tertiary/aromatic N) is 1. The molecule has 96 valence electrons. The maximum Gasteiger partial charge on any atom is 0.235 e. The van der Waals surface area contributed by atoms with Crippen LogP contribution in [0.25, 0.3) is 0 Å². The van der Waals surface area contributed by atoms with E-state index in [0.717, 1.165) is 36.1 Å². The first-order valence-electron chi connectivity index (χ1n) is 5.99. The molecule has 0 amide bonds. The largest absolute Gasteiger partial charge is 0.493 e. The third-order valence-corrected chi connectivity index (χ3v) is 3.64. The molecule has 18 heavy (non-hydrogen) atoms. The Morgan fingerprint density at radius 1 is 1.28 bits per heavy atom. The third-order valence-electron chi connectivity index (χ3n) is 3.64. The number of aryl methyl sites for hydroxylation is 1. The highest BCUT2D eigenvalue weighted by Crippen LogP contribution is 2.47. The fourth-order valence-electron chi connectivity index (χ4n) is 2.49. The molecule has 4 nitrogen and oxygen atoms in total. The van der Waals surface area contributed by atoms with Gasteiger partial charge in [-0.1, -0.05) is 0 Å². The Morgan fingerprint density at radius 3 is 2.44 bits per heavy atom. The van der Waals surface area contributed by atoms with E-state index in [0.29, 0.717) is 5.75 Å². The molecular formula is C14H17NO3. The van der Waals surface area contributed by atoms with Crippen molar-refractivity contribution in [3.05, 3.63) is 23.3 Å². The number of carbonyl (C=O) groups excluding carboxylic acids is 1. The number of hydrogen-bond donors (Lipinski definition) is 0. The number of isocyanates is 1. The fraction of sp³-hybridized carbons (Fsp3) is 0.500. The van der Waals surface area contributed by atoms with Gasteiger partial charge in [-0.25, -0.2) is 4.79 Å². The summed E-state index contributed by atoms with van der Waals surface area (Å²) < 4.78 is 10.6. The summed E-state index contributed by atoms with van der Waals surface area (Å²) in [5.74, 6) is 1.41. The monoisotopic (exact) mass is 247 g/mol. The molecule has 4 heteroatoms. The van der Waals surface area contributed by atoms with Gasteiger partial charge in [0.15, 0.2) is 11.5 Å². The highest BCUT2D eigenvalue weighted by atomic mass is 16.5. The lowest BCUT2D eigenvalue weighted by Gasteiger charge is -2.37. The molecule has 0 heterocycles. The van der Waals surface area contributed by atoms with Crippen molar-refractivity contribution in [2.24, 2.45) is 4.99 Å². The van der Waals surface area contributed by atoms with Crippen LogP contribution in [0.4, 0.5) is 0 Å². The van der Waals surface area contributed by atoms with Crippen molar-refractivity contribution >= 4 is 6.08 Å². The van der Waals surface area contributed by atoms with E-state index in [1.807, 2.05) is 19.1 Å². The Balaban J connectivity index is 2.52. The van der Waals surface area contributed by atoms with E-state index in [9.17, 15) is 4.79 Å². The third kappa shape index (κ3) is 1.89. The maximum atomic E-state index is 10.6. The summed E-state index contributed by atoms with van der Waals surface area (Å²) in [5, 5.41) is 0. The maximum absolute atomic E-state index is 10.6. The van der Waals surface area contributed by atoms with Crippen LogP contribution < -0.4 is 9.47 Å². The molecule has 0 bridgehead atoms. The van der Waals surface area contributed by atoms with E-state index in [1.165, 1.54) is 0 Å². The summed E-state index contributed by atoms with van der Waals surface area (Å²) in [6.07, 6.45) is 4.55. The lowest BCUT2D eigenvalue weighted by atomic mass is 9.72. The van der Waals surface area contributed by atoms with Gasteiger partial charge in [0.2, 0.25) is 6.08 Å². The van der Waals surface area contributed by atoms with Crippen molar-refractivity contribution in [1.82, 2.24) is 0 Å². The Hall–Kier alpha value is -1.80. The van der Waals surface area contributed by atoms with Gasteiger partial charge in [0.1, 0.15) is 0 Å². The lowest BCUT2D eigenvalue weighted by molar-refractivity contribution is 0.254. The second kappa shape index (κ2) is 4.83. The van der Waals surface area contributed by atoms with Crippen LogP contribution in [-0.4, -0.2) is 20.3 Å². The summed E-state index contributed by atoms with van der Waals surface area (Å²) in [6.45, 7) is 1.96. The van der Waals surface area contributed by atoms with Crippen molar-refractivity contribution < 1.29 is 14.3 Å². The van der Waals surface area contributed by atoms with Crippen molar-refractivity contribution in [3.8, 4) is 11.5 Å². The van der Waals surface area contributed by atoms with E-state index in [1.54, 1.807) is 20.3 Å². The summed E-state index contributed by atoms with van der Waals surface area (Å²) >= 11 is 0. The normalized spacial score (nSPS) is 16.4. The van der Waals surface area contributed by atoms with E-state index in [-0.39, 0.29) is 0 Å². The fourth-order valence-corrected chi connectivity index (χ4v) is 2.49. The van der Waals surface area contributed by atoms with Crippen LogP contribution >= 0.6 is 0 Å². The van der Waals surface area contributed by atoms with Crippen molar-refractivity contribution in [2.75, 3.05) is 14.2 Å². The molecule has 1 fully saturated rings. The Morgan fingerprint density at radius 2 is 2.00 bits per heavy atom. The predicted octanol–water partition coefficient (Wildman–Crippen LogP) is 2.73. The molecule has 2 rings (SSSR count). The number of ether oxygens (including phenoxy) is 2. The molecule has 0 N–H and O–H groups in total. The molecule has 0 aromatic heterocycles. The first kappa shape index (κ1) is 12.7. The molecule has 0 spiro atoms. The average Bonchev–Trinajstić information content (AvgIpc) is 2.32. The summed E-state index contributed by atoms with van der Waals surface area (Å²) in [4.78, 5) is 14.6. The molecule has 1 aliphatic carbocycles. The summed E-state index contributed by atoms with van der Waals surface area (Å²) in [6, 6.07) is 3.92. The minimum absolute atomic E-state index is 0.397. The summed E-state index contributed by atoms with van der Waals surface area (Å²) in [7, 11) is 3.23. The van der Waals surface area contributed by atoms with Crippen molar-refractivity contribution in [2.45, 2.75) is 31.7 Å². The number of aliphatic imine (C=N–C) groups is 1. The minimum atomic E-state index is -0.397. The molecule has 0 radical (unpaired) electrons. The molecular weight excluding hydrogens is 230 g/mol. The van der Waals surface area contributed by atoms with Gasteiger partial charge >= 0.3 is 0 Å². The summed E-state index contributed by atoms with van der Waals surface area (Å²) in [5.41, 5.74) is 1.60. The molecule has 0 atom stereocenters. The standard InChI is InChI=1S/C14H17NO3/c1-10-7-11(8-12(17-2)13(10)18-3)14(15-9-16)5-4-6-14/h7-8H,4-6H2,1-3H3. The average molecular weight is 247 g/mol. The van der Waals surface area contributed by atoms with E-state index >= 15 is 0 Å². The Labute approximate surface area is 107 Å². The lowest BCUT2D eigenvalue weighted by Crippen LogP contribution is -2.32. The molecule has 1 aliphatic rings. The van der Waals surface area contributed by atoms with E-state index in [4.69, 9.17) is 9.47 Å². The zero-order valence-electron chi connectivity index (χ0n) is 10.9. The molecule has 1 aromatic rings. The first-order chi connectivity index (χ1) is 8.66. The van der Waals surface area contributed by atoms with Crippen LogP contribution in [0, 0.1) is 6.92 Å². The van der Waals surface area contributed by atoms with Gasteiger partial charge in [-0.2, -0.15) is 4.99 Å². The van der Waals surface area contributed by atoms with E-state index in [2.05, 4.69) is 4.99 Å². The highest BCUT2D eigenvalue weighted by Gasteiger charge is 2.39. The molecule has 1 saturated carbocycles. The molecule has 0 unspecified atom stereocenters. The van der Waals surface area contributed by atoms with Crippen molar-refractivity contribution in [1.29, 1.82) is 0 Å². The zero-order chi connectivity index (χ0) is 13.2. The Bertz CT molecular complexity index is 500. The molecule has 1 aromatic carbocycles. The Kier molecular flexibility index (Phi) is 3.39. The second-order valence-electron chi connectivity index (χ2n) is 4.62. The number of methoxy groups -OCH3 is 2. The topological polar surface area (TPSA) is 47.9 Å². The van der Waals surface area contributed by atoms with Gasteiger partial charge in [0, 0.05) is 0 Å². The number of rotatable bonds is 4. The zero-order valence-corrected chi connectivity index (χ0v) is 10.9. The van der Waals surface area contributed by atoms with Crippen molar-refractivity contribution in [3.63, 3.8) is 0 Å². The smallest absolute Gasteiger partial charge is 0.235 e. The second-order valence-corrected chi connectivity index (χ2v) is 4.62. The van der Waals surface area contributed by atoms with Crippen LogP contribution in [0.1, 0.15) is 30.4 Å². The van der Waals surface area contributed by atoms with Gasteiger partial charge < -0.3 is 9.47 Å². The van der Waals surface area contributed by atoms with Gasteiger partial charge in [0.25, 0.3) is 0 Å². The highest BCUT2D eigenvalue weighted by molar-refractivity contribution is 5.52. The quantitative estimate of drug-likeness (QED) is 0.607. The van der Waals surface area contributed by atoms with Gasteiger partial charge in [-0.15, -0.1) is 0 Å². The predicted molar refractivity (Wildman–Crippen MR) is 67.9 cm³/mol. The van der Waals surface area contributed by atoms with Crippen LogP contribution in [0.15, 0.2) is 17.1 Å². The van der Waals surface area contributed by atoms with E-state index < -0.39 is 5.54 Å². The van der Waals surface area contributed by atoms with Crippen LogP contribution in [0.5, 0.6) is 11.5 Å². The number of hydrogen-bond acceptors (Lipinski definition) is 4. The van der Waals surface area contributed by atoms with Gasteiger partial charge in [-0.05, 0) is 49.4 Å². The first-order valence-corrected chi connectivity index (χ1v) is 5.99. The van der Waals surface area contributed by atoms with Crippen LogP contribution in [0.3, 0.4) is 0 Å². The van der Waals surface area contributed by atoms with Crippen LogP contribution in [-0.2, 0) is 10.3 Å². The minimum Gasteiger partial charge on any atom is -0.493 e. The van der Waals surface area contributed by atoms with Gasteiger partial charge in [0.05, 0.1) is 19.8 Å². The number of benzene rings is 1. The van der Waals surface area contributed by atoms with Gasteiger partial charge in [-0.3, -0.25) is 0 Å². The SMILES string of the molecule is COc1cc(C2(N=C=O)CCC2)cc(C)c1OC. The molecule has 0 aliphatic heterocycles.